The smallest absolute Gasteiger partial charge is 0.191 e. The first-order valence-electron chi connectivity index (χ1n) is 16.4. The standard InChI is InChI=1S/C36H52O5/c1-32(2)19-38-35(6,39-20-32)25-9-7-8-23(16-25)28-18-34(5)29(12-13-30(34)37)27-11-10-24-17-36(15-14-26(24)31(27)28)40-21-33(3,4)22-41-36/h7-9,16,24,27-30,37H,10-15,17-22H2,1-6H3. The lowest BCUT2D eigenvalue weighted by atomic mass is 9.52. The summed E-state index contributed by atoms with van der Waals surface area (Å²) in [4.78, 5) is 0. The lowest BCUT2D eigenvalue weighted by Crippen LogP contribution is -2.52. The topological polar surface area (TPSA) is 57.2 Å². The van der Waals surface area contributed by atoms with Gasteiger partial charge in [0.15, 0.2) is 11.6 Å². The molecule has 5 fully saturated rings. The van der Waals surface area contributed by atoms with Crippen molar-refractivity contribution in [2.24, 2.45) is 34.0 Å². The fraction of sp³-hybridized carbons (Fsp3) is 0.778. The fourth-order valence-corrected chi connectivity index (χ4v) is 9.45. The number of allylic oxidation sites excluding steroid dienone is 2. The molecule has 0 amide bonds. The molecule has 226 valence electrons. The summed E-state index contributed by atoms with van der Waals surface area (Å²) < 4.78 is 25.8. The number of aliphatic hydroxyl groups is 1. The number of hydrogen-bond acceptors (Lipinski definition) is 5. The van der Waals surface area contributed by atoms with Crippen LogP contribution in [0.3, 0.4) is 0 Å². The molecule has 3 saturated carbocycles. The van der Waals surface area contributed by atoms with Crippen LogP contribution in [0.5, 0.6) is 0 Å². The van der Waals surface area contributed by atoms with Gasteiger partial charge in [-0.05, 0) is 80.2 Å². The van der Waals surface area contributed by atoms with Gasteiger partial charge in [0.2, 0.25) is 0 Å². The van der Waals surface area contributed by atoms with Crippen LogP contribution in [0, 0.1) is 34.0 Å². The van der Waals surface area contributed by atoms with Crippen molar-refractivity contribution >= 4 is 0 Å². The van der Waals surface area contributed by atoms with Crippen LogP contribution >= 0.6 is 0 Å². The van der Waals surface area contributed by atoms with Gasteiger partial charge < -0.3 is 24.1 Å². The molecule has 0 aromatic heterocycles. The molecule has 1 aromatic rings. The van der Waals surface area contributed by atoms with Crippen molar-refractivity contribution in [3.05, 3.63) is 46.5 Å². The Morgan fingerprint density at radius 2 is 1.46 bits per heavy atom. The van der Waals surface area contributed by atoms with Gasteiger partial charge in [-0.2, -0.15) is 0 Å². The average Bonchev–Trinajstić information content (AvgIpc) is 3.25. The zero-order valence-electron chi connectivity index (χ0n) is 26.3. The van der Waals surface area contributed by atoms with E-state index in [1.54, 1.807) is 11.1 Å². The van der Waals surface area contributed by atoms with Crippen molar-refractivity contribution in [2.75, 3.05) is 26.4 Å². The molecule has 5 nitrogen and oxygen atoms in total. The van der Waals surface area contributed by atoms with E-state index in [1.165, 1.54) is 18.4 Å². The third-order valence-electron chi connectivity index (χ3n) is 12.0. The zero-order valence-corrected chi connectivity index (χ0v) is 26.3. The van der Waals surface area contributed by atoms with Crippen LogP contribution in [0.1, 0.15) is 110 Å². The van der Waals surface area contributed by atoms with Crippen molar-refractivity contribution in [3.63, 3.8) is 0 Å². The first kappa shape index (κ1) is 28.5. The normalized spacial score (nSPS) is 40.5. The van der Waals surface area contributed by atoms with Crippen LogP contribution in [0.25, 0.3) is 0 Å². The molecule has 41 heavy (non-hydrogen) atoms. The molecule has 7 rings (SSSR count). The molecule has 1 spiro atoms. The molecule has 1 N–H and O–H groups in total. The predicted molar refractivity (Wildman–Crippen MR) is 159 cm³/mol. The Kier molecular flexibility index (Phi) is 6.70. The molecular formula is C36H52O5. The molecule has 6 atom stereocenters. The molecule has 0 radical (unpaired) electrons. The SMILES string of the molecule is CC1(C)COC2(CCC3=C4C(c5cccc(C6(C)OCC(C)(C)CO6)c5)CC5(C)C(O)CCC5C4CCC3C2)OC1. The Bertz CT molecular complexity index is 1190. The highest BCUT2D eigenvalue weighted by Crippen LogP contribution is 2.65. The minimum Gasteiger partial charge on any atom is -0.393 e. The summed E-state index contributed by atoms with van der Waals surface area (Å²) in [6.07, 6.45) is 8.33. The van der Waals surface area contributed by atoms with Gasteiger partial charge in [-0.25, -0.2) is 0 Å². The second kappa shape index (κ2) is 9.63. The summed E-state index contributed by atoms with van der Waals surface area (Å²) >= 11 is 0. The van der Waals surface area contributed by atoms with E-state index in [2.05, 4.69) is 65.8 Å². The average molecular weight is 565 g/mol. The molecule has 4 aliphatic carbocycles. The van der Waals surface area contributed by atoms with E-state index in [0.29, 0.717) is 36.9 Å². The van der Waals surface area contributed by atoms with E-state index in [-0.39, 0.29) is 22.3 Å². The van der Waals surface area contributed by atoms with Crippen LogP contribution in [-0.2, 0) is 24.7 Å². The summed E-state index contributed by atoms with van der Waals surface area (Å²) in [5.74, 6) is 0.845. The molecule has 6 unspecified atom stereocenters. The number of ether oxygens (including phenoxy) is 4. The monoisotopic (exact) mass is 564 g/mol. The van der Waals surface area contributed by atoms with Crippen molar-refractivity contribution in [1.29, 1.82) is 0 Å². The van der Waals surface area contributed by atoms with Gasteiger partial charge in [0.1, 0.15) is 0 Å². The zero-order chi connectivity index (χ0) is 28.8. The predicted octanol–water partition coefficient (Wildman–Crippen LogP) is 7.47. The van der Waals surface area contributed by atoms with E-state index in [0.717, 1.165) is 57.3 Å². The third kappa shape index (κ3) is 4.77. The maximum Gasteiger partial charge on any atom is 0.191 e. The second-order valence-corrected chi connectivity index (χ2v) is 16.5. The van der Waals surface area contributed by atoms with Crippen LogP contribution in [-0.4, -0.2) is 43.4 Å². The van der Waals surface area contributed by atoms with Gasteiger partial charge >= 0.3 is 0 Å². The van der Waals surface area contributed by atoms with Crippen molar-refractivity contribution in [3.8, 4) is 0 Å². The van der Waals surface area contributed by atoms with Gasteiger partial charge in [-0.3, -0.25) is 0 Å². The molecule has 2 aliphatic heterocycles. The van der Waals surface area contributed by atoms with E-state index in [9.17, 15) is 5.11 Å². The Hall–Kier alpha value is -1.24. The Balaban J connectivity index is 1.25. The minimum atomic E-state index is -0.730. The molecule has 0 bridgehead atoms. The van der Waals surface area contributed by atoms with Gasteiger partial charge in [0.05, 0.1) is 32.5 Å². The van der Waals surface area contributed by atoms with Crippen LogP contribution in [0.15, 0.2) is 35.4 Å². The maximum atomic E-state index is 11.3. The third-order valence-corrected chi connectivity index (χ3v) is 12.0. The summed E-state index contributed by atoms with van der Waals surface area (Å²) in [7, 11) is 0. The first-order valence-corrected chi connectivity index (χ1v) is 16.4. The van der Waals surface area contributed by atoms with Gasteiger partial charge in [0.25, 0.3) is 0 Å². The van der Waals surface area contributed by atoms with E-state index < -0.39 is 11.6 Å². The molecule has 1 aromatic carbocycles. The van der Waals surface area contributed by atoms with Crippen molar-refractivity contribution in [1.82, 2.24) is 0 Å². The van der Waals surface area contributed by atoms with E-state index in [4.69, 9.17) is 18.9 Å². The molecule has 5 heteroatoms. The van der Waals surface area contributed by atoms with Gasteiger partial charge in [0, 0.05) is 35.2 Å². The van der Waals surface area contributed by atoms with Crippen LogP contribution in [0.4, 0.5) is 0 Å². The van der Waals surface area contributed by atoms with E-state index >= 15 is 0 Å². The summed E-state index contributed by atoms with van der Waals surface area (Å²) in [6.45, 7) is 16.3. The lowest BCUT2D eigenvalue weighted by Gasteiger charge is -2.55. The Morgan fingerprint density at radius 1 is 0.780 bits per heavy atom. The highest BCUT2D eigenvalue weighted by Gasteiger charge is 2.58. The van der Waals surface area contributed by atoms with Crippen molar-refractivity contribution < 1.29 is 24.1 Å². The summed E-state index contributed by atoms with van der Waals surface area (Å²) in [5.41, 5.74) is 5.95. The number of rotatable bonds is 2. The second-order valence-electron chi connectivity index (χ2n) is 16.5. The highest BCUT2D eigenvalue weighted by molar-refractivity contribution is 5.42. The number of aliphatic hydroxyl groups excluding tert-OH is 1. The van der Waals surface area contributed by atoms with Crippen molar-refractivity contribution in [2.45, 2.75) is 117 Å². The lowest BCUT2D eigenvalue weighted by molar-refractivity contribution is -0.312. The fourth-order valence-electron chi connectivity index (χ4n) is 9.45. The number of benzene rings is 1. The van der Waals surface area contributed by atoms with E-state index in [1.807, 2.05) is 0 Å². The molecule has 6 aliphatic rings. The van der Waals surface area contributed by atoms with Crippen LogP contribution in [0.2, 0.25) is 0 Å². The molecular weight excluding hydrogens is 512 g/mol. The maximum absolute atomic E-state index is 11.3. The minimum absolute atomic E-state index is 0.0272. The first-order chi connectivity index (χ1) is 19.3. The summed E-state index contributed by atoms with van der Waals surface area (Å²) in [5, 5.41) is 11.3. The highest BCUT2D eigenvalue weighted by atomic mass is 16.7. The van der Waals surface area contributed by atoms with Gasteiger partial charge in [-0.1, -0.05) is 64.0 Å². The number of hydrogen-bond donors (Lipinski definition) is 1. The summed E-state index contributed by atoms with van der Waals surface area (Å²) in [6, 6.07) is 9.05. The van der Waals surface area contributed by atoms with Gasteiger partial charge in [-0.15, -0.1) is 0 Å². The quantitative estimate of drug-likeness (QED) is 0.378. The number of fused-ring (bicyclic) bond motifs is 4. The Morgan fingerprint density at radius 3 is 2.17 bits per heavy atom. The Labute approximate surface area is 247 Å². The van der Waals surface area contributed by atoms with Crippen LogP contribution < -0.4 is 0 Å². The molecule has 2 heterocycles. The molecule has 2 saturated heterocycles. The largest absolute Gasteiger partial charge is 0.393 e.